The minimum absolute atomic E-state index is 0.330. The highest BCUT2D eigenvalue weighted by molar-refractivity contribution is 7.89. The van der Waals surface area contributed by atoms with Crippen molar-refractivity contribution >= 4 is 10.0 Å². The summed E-state index contributed by atoms with van der Waals surface area (Å²) in [6, 6.07) is 5.94. The number of hydrogen-bond donors (Lipinski definition) is 1. The Kier molecular flexibility index (Phi) is 6.13. The van der Waals surface area contributed by atoms with Crippen molar-refractivity contribution in [2.75, 3.05) is 13.6 Å². The molecule has 0 bridgehead atoms. The third-order valence-electron chi connectivity index (χ3n) is 3.15. The van der Waals surface area contributed by atoms with Crippen molar-refractivity contribution in [2.45, 2.75) is 45.2 Å². The van der Waals surface area contributed by atoms with Gasteiger partial charge in [-0.1, -0.05) is 38.1 Å². The summed E-state index contributed by atoms with van der Waals surface area (Å²) in [6.07, 6.45) is 0. The van der Waals surface area contributed by atoms with Crippen LogP contribution in [0, 0.1) is 6.92 Å². The first kappa shape index (κ1) is 17.9. The SMILES string of the molecule is C=C(C)CN(C)S(=O)(=O)c1cc(CNC(C)C)ccc1C. The summed E-state index contributed by atoms with van der Waals surface area (Å²) in [7, 11) is -1.90. The van der Waals surface area contributed by atoms with Gasteiger partial charge in [0.2, 0.25) is 10.0 Å². The van der Waals surface area contributed by atoms with Crippen LogP contribution >= 0.6 is 0 Å². The van der Waals surface area contributed by atoms with E-state index in [1.165, 1.54) is 4.31 Å². The highest BCUT2D eigenvalue weighted by Gasteiger charge is 2.22. The molecule has 118 valence electrons. The lowest BCUT2D eigenvalue weighted by Crippen LogP contribution is -2.29. The minimum Gasteiger partial charge on any atom is -0.310 e. The molecule has 0 amide bonds. The number of aryl methyl sites for hydroxylation is 1. The van der Waals surface area contributed by atoms with Gasteiger partial charge < -0.3 is 5.32 Å². The zero-order valence-corrected chi connectivity index (χ0v) is 14.4. The van der Waals surface area contributed by atoms with Crippen LogP contribution < -0.4 is 5.32 Å². The van der Waals surface area contributed by atoms with Crippen molar-refractivity contribution < 1.29 is 8.42 Å². The summed E-state index contributed by atoms with van der Waals surface area (Å²) >= 11 is 0. The van der Waals surface area contributed by atoms with E-state index in [9.17, 15) is 8.42 Å². The van der Waals surface area contributed by atoms with Gasteiger partial charge in [-0.3, -0.25) is 0 Å². The molecule has 1 rings (SSSR count). The quantitative estimate of drug-likeness (QED) is 0.788. The lowest BCUT2D eigenvalue weighted by atomic mass is 10.1. The number of sulfonamides is 1. The molecule has 0 spiro atoms. The second kappa shape index (κ2) is 7.20. The van der Waals surface area contributed by atoms with Crippen LogP contribution in [0.4, 0.5) is 0 Å². The van der Waals surface area contributed by atoms with Crippen LogP contribution in [0.2, 0.25) is 0 Å². The van der Waals surface area contributed by atoms with Crippen molar-refractivity contribution in [3.63, 3.8) is 0 Å². The molecule has 0 aliphatic rings. The average molecular weight is 310 g/mol. The Bertz CT molecular complexity index is 607. The largest absolute Gasteiger partial charge is 0.310 e. The molecule has 0 aliphatic heterocycles. The molecule has 0 saturated carbocycles. The zero-order valence-electron chi connectivity index (χ0n) is 13.6. The third-order valence-corrected chi connectivity index (χ3v) is 5.09. The summed E-state index contributed by atoms with van der Waals surface area (Å²) in [4.78, 5) is 0.370. The van der Waals surface area contributed by atoms with Gasteiger partial charge in [-0.25, -0.2) is 8.42 Å². The number of benzene rings is 1. The lowest BCUT2D eigenvalue weighted by molar-refractivity contribution is 0.492. The fraction of sp³-hybridized carbons (Fsp3) is 0.500. The van der Waals surface area contributed by atoms with Gasteiger partial charge in [0.15, 0.2) is 0 Å². The van der Waals surface area contributed by atoms with Crippen LogP contribution in [0.3, 0.4) is 0 Å². The molecule has 0 heterocycles. The van der Waals surface area contributed by atoms with Crippen LogP contribution in [0.5, 0.6) is 0 Å². The molecule has 1 aromatic rings. The van der Waals surface area contributed by atoms with Gasteiger partial charge in [0.05, 0.1) is 4.90 Å². The minimum atomic E-state index is -3.48. The molecule has 0 atom stereocenters. The molecule has 0 unspecified atom stereocenters. The van der Waals surface area contributed by atoms with Crippen molar-refractivity contribution in [2.24, 2.45) is 0 Å². The maximum Gasteiger partial charge on any atom is 0.243 e. The molecule has 0 fully saturated rings. The molecule has 0 aliphatic carbocycles. The van der Waals surface area contributed by atoms with Crippen molar-refractivity contribution in [1.82, 2.24) is 9.62 Å². The van der Waals surface area contributed by atoms with E-state index in [2.05, 4.69) is 25.7 Å². The highest BCUT2D eigenvalue weighted by atomic mass is 32.2. The maximum atomic E-state index is 12.6. The van der Waals surface area contributed by atoms with E-state index in [1.54, 1.807) is 13.1 Å². The molecule has 1 aromatic carbocycles. The van der Waals surface area contributed by atoms with Crippen LogP contribution in [-0.2, 0) is 16.6 Å². The molecule has 0 saturated heterocycles. The smallest absolute Gasteiger partial charge is 0.243 e. The maximum absolute atomic E-state index is 12.6. The van der Waals surface area contributed by atoms with Gasteiger partial charge >= 0.3 is 0 Å². The van der Waals surface area contributed by atoms with Gasteiger partial charge in [-0.05, 0) is 31.0 Å². The van der Waals surface area contributed by atoms with Crippen LogP contribution in [0.15, 0.2) is 35.2 Å². The Morgan fingerprint density at radius 3 is 2.52 bits per heavy atom. The van der Waals surface area contributed by atoms with Crippen molar-refractivity contribution in [3.8, 4) is 0 Å². The molecular formula is C16H26N2O2S. The van der Waals surface area contributed by atoms with Crippen LogP contribution in [-0.4, -0.2) is 32.4 Å². The predicted molar refractivity (Wildman–Crippen MR) is 87.8 cm³/mol. The second-order valence-corrected chi connectivity index (χ2v) is 7.87. The van der Waals surface area contributed by atoms with E-state index in [1.807, 2.05) is 26.0 Å². The van der Waals surface area contributed by atoms with Gasteiger partial charge in [0, 0.05) is 26.2 Å². The normalized spacial score (nSPS) is 12.1. The number of hydrogen-bond acceptors (Lipinski definition) is 3. The van der Waals surface area contributed by atoms with E-state index >= 15 is 0 Å². The fourth-order valence-corrected chi connectivity index (χ4v) is 3.49. The Hall–Kier alpha value is -1.17. The Balaban J connectivity index is 3.10. The molecule has 21 heavy (non-hydrogen) atoms. The summed E-state index contributed by atoms with van der Waals surface area (Å²) in [5.41, 5.74) is 2.55. The first-order valence-corrected chi connectivity index (χ1v) is 8.52. The highest BCUT2D eigenvalue weighted by Crippen LogP contribution is 2.21. The molecule has 0 radical (unpaired) electrons. The number of nitrogens with zero attached hydrogens (tertiary/aromatic N) is 1. The topological polar surface area (TPSA) is 49.4 Å². The van der Waals surface area contributed by atoms with Gasteiger partial charge in [0.1, 0.15) is 0 Å². The summed E-state index contributed by atoms with van der Waals surface area (Å²) in [5, 5.41) is 3.30. The van der Waals surface area contributed by atoms with E-state index in [-0.39, 0.29) is 0 Å². The van der Waals surface area contributed by atoms with E-state index < -0.39 is 10.0 Å². The molecule has 5 heteroatoms. The van der Waals surface area contributed by atoms with Crippen LogP contribution in [0.25, 0.3) is 0 Å². The summed E-state index contributed by atoms with van der Waals surface area (Å²) in [6.45, 7) is 12.5. The first-order valence-electron chi connectivity index (χ1n) is 7.08. The molecule has 4 nitrogen and oxygen atoms in total. The van der Waals surface area contributed by atoms with Gasteiger partial charge in [-0.2, -0.15) is 4.31 Å². The monoisotopic (exact) mass is 310 g/mol. The molecule has 1 N–H and O–H groups in total. The van der Waals surface area contributed by atoms with Crippen molar-refractivity contribution in [3.05, 3.63) is 41.5 Å². The number of nitrogens with one attached hydrogen (secondary N) is 1. The van der Waals surface area contributed by atoms with E-state index in [0.717, 1.165) is 16.7 Å². The van der Waals surface area contributed by atoms with Crippen molar-refractivity contribution in [1.29, 1.82) is 0 Å². The predicted octanol–water partition coefficient (Wildman–Crippen LogP) is 2.69. The number of likely N-dealkylation sites (N-methyl/N-ethyl adjacent to an activating group) is 1. The second-order valence-electron chi connectivity index (χ2n) is 5.85. The van der Waals surface area contributed by atoms with E-state index in [4.69, 9.17) is 0 Å². The zero-order chi connectivity index (χ0) is 16.2. The van der Waals surface area contributed by atoms with E-state index in [0.29, 0.717) is 24.0 Å². The fourth-order valence-electron chi connectivity index (χ4n) is 1.99. The lowest BCUT2D eigenvalue weighted by Gasteiger charge is -2.19. The third kappa shape index (κ3) is 4.95. The molecule has 0 aromatic heterocycles. The van der Waals surface area contributed by atoms with Crippen LogP contribution in [0.1, 0.15) is 31.9 Å². The first-order chi connectivity index (χ1) is 9.64. The summed E-state index contributed by atoms with van der Waals surface area (Å²) in [5.74, 6) is 0. The van der Waals surface area contributed by atoms with Gasteiger partial charge in [-0.15, -0.1) is 0 Å². The summed E-state index contributed by atoms with van der Waals surface area (Å²) < 4.78 is 26.6. The Labute approximate surface area is 128 Å². The average Bonchev–Trinajstić information content (AvgIpc) is 2.36. The Morgan fingerprint density at radius 1 is 1.38 bits per heavy atom. The standard InChI is InChI=1S/C16H26N2O2S/c1-12(2)11-18(6)21(19,20)16-9-15(8-7-14(16)5)10-17-13(3)4/h7-9,13,17H,1,10-11H2,2-6H3. The molecular weight excluding hydrogens is 284 g/mol. The number of rotatable bonds is 7. The van der Waals surface area contributed by atoms with Gasteiger partial charge in [0.25, 0.3) is 0 Å². The Morgan fingerprint density at radius 2 is 2.00 bits per heavy atom.